The fraction of sp³-hybridized carbons (Fsp3) is 0.455. The second kappa shape index (κ2) is 7.40. The van der Waals surface area contributed by atoms with Crippen molar-refractivity contribution in [3.8, 4) is 5.75 Å². The smallest absolute Gasteiger partial charge is 0.119 e. The second-order valence-corrected chi connectivity index (χ2v) is 7.41. The number of rotatable bonds is 6. The van der Waals surface area contributed by atoms with Crippen LogP contribution in [0.5, 0.6) is 5.75 Å². The Morgan fingerprint density at radius 1 is 0.958 bits per heavy atom. The number of hydrogen-bond acceptors (Lipinski definition) is 2. The third-order valence-corrected chi connectivity index (χ3v) is 5.57. The van der Waals surface area contributed by atoms with Crippen LogP contribution >= 0.6 is 0 Å². The molecule has 2 nitrogen and oxygen atoms in total. The predicted molar refractivity (Wildman–Crippen MR) is 101 cm³/mol. The molecule has 0 amide bonds. The molecule has 0 saturated heterocycles. The quantitative estimate of drug-likeness (QED) is 0.826. The normalized spacial score (nSPS) is 21.0. The van der Waals surface area contributed by atoms with Crippen molar-refractivity contribution in [2.45, 2.75) is 44.6 Å². The van der Waals surface area contributed by atoms with Gasteiger partial charge in [0.25, 0.3) is 0 Å². The molecule has 128 valence electrons. The molecule has 1 N–H and O–H groups in total. The molecule has 2 heteroatoms. The first-order valence-electron chi connectivity index (χ1n) is 9.07. The summed E-state index contributed by atoms with van der Waals surface area (Å²) in [7, 11) is 2.06. The molecule has 3 rings (SSSR count). The summed E-state index contributed by atoms with van der Waals surface area (Å²) in [4.78, 5) is 0. The predicted octanol–water partition coefficient (Wildman–Crippen LogP) is 4.78. The molecule has 1 saturated carbocycles. The van der Waals surface area contributed by atoms with Crippen molar-refractivity contribution in [1.82, 2.24) is 5.32 Å². The van der Waals surface area contributed by atoms with Gasteiger partial charge < -0.3 is 10.1 Å². The summed E-state index contributed by atoms with van der Waals surface area (Å²) in [5.41, 5.74) is 2.65. The topological polar surface area (TPSA) is 21.3 Å². The third kappa shape index (κ3) is 3.64. The summed E-state index contributed by atoms with van der Waals surface area (Å²) in [6, 6.07) is 19.9. The highest BCUT2D eigenvalue weighted by Gasteiger charge is 2.26. The monoisotopic (exact) mass is 323 g/mol. The third-order valence-electron chi connectivity index (χ3n) is 5.57. The molecule has 0 aromatic heterocycles. The van der Waals surface area contributed by atoms with E-state index in [4.69, 9.17) is 4.74 Å². The van der Waals surface area contributed by atoms with E-state index in [9.17, 15) is 0 Å². The van der Waals surface area contributed by atoms with Gasteiger partial charge in [-0.1, -0.05) is 62.7 Å². The van der Waals surface area contributed by atoms with E-state index in [0.717, 1.165) is 12.4 Å². The molecule has 2 unspecified atom stereocenters. The standard InChI is InChI=1S/C22H29NO/c1-22(2,18-9-5-4-6-10-18)19-12-14-20(15-13-19)24-16-17-8-7-11-21(17)23-3/h4-6,9-10,12-15,17,21,23H,7-8,11,16H2,1-3H3. The highest BCUT2D eigenvalue weighted by atomic mass is 16.5. The van der Waals surface area contributed by atoms with E-state index in [-0.39, 0.29) is 5.41 Å². The summed E-state index contributed by atoms with van der Waals surface area (Å²) >= 11 is 0. The minimum atomic E-state index is 0.00245. The lowest BCUT2D eigenvalue weighted by atomic mass is 9.78. The molecular formula is C22H29NO. The van der Waals surface area contributed by atoms with Gasteiger partial charge in [-0.05, 0) is 43.1 Å². The van der Waals surface area contributed by atoms with Crippen LogP contribution in [0.3, 0.4) is 0 Å². The Morgan fingerprint density at radius 3 is 2.29 bits per heavy atom. The van der Waals surface area contributed by atoms with E-state index in [0.29, 0.717) is 12.0 Å². The van der Waals surface area contributed by atoms with Crippen LogP contribution in [0.2, 0.25) is 0 Å². The zero-order chi connectivity index (χ0) is 17.0. The average molecular weight is 323 g/mol. The molecule has 2 atom stereocenters. The molecule has 24 heavy (non-hydrogen) atoms. The highest BCUT2D eigenvalue weighted by molar-refractivity contribution is 5.39. The number of hydrogen-bond donors (Lipinski definition) is 1. The fourth-order valence-corrected chi connectivity index (χ4v) is 3.81. The Morgan fingerprint density at radius 2 is 1.62 bits per heavy atom. The summed E-state index contributed by atoms with van der Waals surface area (Å²) in [5, 5.41) is 3.42. The van der Waals surface area contributed by atoms with Gasteiger partial charge in [-0.15, -0.1) is 0 Å². The van der Waals surface area contributed by atoms with Crippen LogP contribution in [0.25, 0.3) is 0 Å². The van der Waals surface area contributed by atoms with E-state index in [1.807, 2.05) is 0 Å². The van der Waals surface area contributed by atoms with Crippen molar-refractivity contribution in [1.29, 1.82) is 0 Å². The van der Waals surface area contributed by atoms with E-state index in [1.54, 1.807) is 0 Å². The van der Waals surface area contributed by atoms with Gasteiger partial charge in [0.2, 0.25) is 0 Å². The zero-order valence-electron chi connectivity index (χ0n) is 15.1. The van der Waals surface area contributed by atoms with Gasteiger partial charge in [0.05, 0.1) is 6.61 Å². The van der Waals surface area contributed by atoms with Crippen LogP contribution in [-0.2, 0) is 5.41 Å². The zero-order valence-corrected chi connectivity index (χ0v) is 15.1. The highest BCUT2D eigenvalue weighted by Crippen LogP contribution is 2.32. The van der Waals surface area contributed by atoms with Gasteiger partial charge in [-0.3, -0.25) is 0 Å². The summed E-state index contributed by atoms with van der Waals surface area (Å²) in [5.74, 6) is 1.61. The molecular weight excluding hydrogens is 294 g/mol. The lowest BCUT2D eigenvalue weighted by Gasteiger charge is -2.26. The average Bonchev–Trinajstić information content (AvgIpc) is 3.08. The number of ether oxygens (including phenoxy) is 1. The summed E-state index contributed by atoms with van der Waals surface area (Å²) < 4.78 is 6.06. The van der Waals surface area contributed by atoms with E-state index in [2.05, 4.69) is 80.8 Å². The molecule has 0 spiro atoms. The lowest BCUT2D eigenvalue weighted by Crippen LogP contribution is -2.32. The van der Waals surface area contributed by atoms with Gasteiger partial charge in [-0.25, -0.2) is 0 Å². The Labute approximate surface area is 146 Å². The van der Waals surface area contributed by atoms with Crippen LogP contribution in [0, 0.1) is 5.92 Å². The minimum absolute atomic E-state index is 0.00245. The van der Waals surface area contributed by atoms with Crippen LogP contribution in [0.15, 0.2) is 54.6 Å². The van der Waals surface area contributed by atoms with Crippen LogP contribution in [-0.4, -0.2) is 19.7 Å². The molecule has 0 aliphatic heterocycles. The lowest BCUT2D eigenvalue weighted by molar-refractivity contribution is 0.229. The maximum absolute atomic E-state index is 6.06. The molecule has 0 bridgehead atoms. The first-order chi connectivity index (χ1) is 11.6. The molecule has 2 aromatic rings. The van der Waals surface area contributed by atoms with E-state index in [1.165, 1.54) is 30.4 Å². The molecule has 2 aromatic carbocycles. The first-order valence-corrected chi connectivity index (χ1v) is 9.07. The molecule has 1 fully saturated rings. The SMILES string of the molecule is CNC1CCCC1COc1ccc(C(C)(C)c2ccccc2)cc1. The fourth-order valence-electron chi connectivity index (χ4n) is 3.81. The maximum atomic E-state index is 6.06. The van der Waals surface area contributed by atoms with Crippen molar-refractivity contribution in [2.24, 2.45) is 5.92 Å². The van der Waals surface area contributed by atoms with Crippen molar-refractivity contribution in [2.75, 3.05) is 13.7 Å². The summed E-state index contributed by atoms with van der Waals surface area (Å²) in [6.45, 7) is 5.36. The molecule has 0 radical (unpaired) electrons. The number of nitrogens with one attached hydrogen (secondary N) is 1. The van der Waals surface area contributed by atoms with Gasteiger partial charge in [0.15, 0.2) is 0 Å². The van der Waals surface area contributed by atoms with Crippen LogP contribution in [0.1, 0.15) is 44.2 Å². The number of benzene rings is 2. The molecule has 1 aliphatic carbocycles. The second-order valence-electron chi connectivity index (χ2n) is 7.41. The van der Waals surface area contributed by atoms with Crippen molar-refractivity contribution < 1.29 is 4.74 Å². The first kappa shape index (κ1) is 17.0. The van der Waals surface area contributed by atoms with Gasteiger partial charge >= 0.3 is 0 Å². The Bertz CT molecular complexity index is 633. The van der Waals surface area contributed by atoms with Gasteiger partial charge in [0, 0.05) is 17.4 Å². The summed E-state index contributed by atoms with van der Waals surface area (Å²) in [6.07, 6.45) is 3.85. The van der Waals surface area contributed by atoms with E-state index >= 15 is 0 Å². The molecule has 0 heterocycles. The van der Waals surface area contributed by atoms with Crippen LogP contribution in [0.4, 0.5) is 0 Å². The Kier molecular flexibility index (Phi) is 5.25. The largest absolute Gasteiger partial charge is 0.493 e. The molecule has 1 aliphatic rings. The van der Waals surface area contributed by atoms with E-state index < -0.39 is 0 Å². The Balaban J connectivity index is 1.65. The van der Waals surface area contributed by atoms with Crippen LogP contribution < -0.4 is 10.1 Å². The van der Waals surface area contributed by atoms with Crippen molar-refractivity contribution >= 4 is 0 Å². The Hall–Kier alpha value is -1.80. The maximum Gasteiger partial charge on any atom is 0.119 e. The van der Waals surface area contributed by atoms with Gasteiger partial charge in [0.1, 0.15) is 5.75 Å². The van der Waals surface area contributed by atoms with Crippen molar-refractivity contribution in [3.63, 3.8) is 0 Å². The van der Waals surface area contributed by atoms with Crippen molar-refractivity contribution in [3.05, 3.63) is 65.7 Å². The minimum Gasteiger partial charge on any atom is -0.493 e. The van der Waals surface area contributed by atoms with Gasteiger partial charge in [-0.2, -0.15) is 0 Å².